The maximum absolute atomic E-state index is 5.95. The molecule has 7 heteroatoms. The average molecular weight is 299 g/mol. The number of nitrogens with one attached hydrogen (secondary N) is 1. The predicted octanol–water partition coefficient (Wildman–Crippen LogP) is 3.63. The highest BCUT2D eigenvalue weighted by Gasteiger charge is 2.07. The molecule has 0 radical (unpaired) electrons. The topological polar surface area (TPSA) is 59.9 Å². The molecular weight excluding hydrogens is 287 g/mol. The van der Waals surface area contributed by atoms with E-state index in [0.29, 0.717) is 17.6 Å². The number of ether oxygens (including phenoxy) is 1. The van der Waals surface area contributed by atoms with Crippen molar-refractivity contribution in [1.29, 1.82) is 0 Å². The molecule has 0 saturated carbocycles. The quantitative estimate of drug-likeness (QED) is 0.934. The molecule has 0 aliphatic carbocycles. The zero-order chi connectivity index (χ0) is 13.8. The van der Waals surface area contributed by atoms with Gasteiger partial charge in [-0.25, -0.2) is 0 Å². The molecule has 1 heterocycles. The van der Waals surface area contributed by atoms with Crippen LogP contribution in [0.15, 0.2) is 18.2 Å². The van der Waals surface area contributed by atoms with Crippen molar-refractivity contribution in [3.8, 4) is 6.01 Å². The van der Waals surface area contributed by atoms with E-state index in [-0.39, 0.29) is 11.3 Å². The Labute approximate surface area is 121 Å². The molecule has 1 N–H and O–H groups in total. The van der Waals surface area contributed by atoms with E-state index < -0.39 is 0 Å². The summed E-state index contributed by atoms with van der Waals surface area (Å²) in [6.07, 6.45) is 0. The Kier molecular flexibility index (Phi) is 4.39. The van der Waals surface area contributed by atoms with Crippen molar-refractivity contribution in [3.05, 3.63) is 34.1 Å². The number of rotatable bonds is 4. The number of aromatic nitrogens is 3. The first-order valence-electron chi connectivity index (χ1n) is 5.66. The van der Waals surface area contributed by atoms with Gasteiger partial charge in [0.25, 0.3) is 0 Å². The molecule has 19 heavy (non-hydrogen) atoms. The van der Waals surface area contributed by atoms with Gasteiger partial charge in [0, 0.05) is 10.7 Å². The van der Waals surface area contributed by atoms with Crippen molar-refractivity contribution in [1.82, 2.24) is 15.0 Å². The van der Waals surface area contributed by atoms with Crippen LogP contribution in [0, 0.1) is 6.92 Å². The van der Waals surface area contributed by atoms with Crippen molar-refractivity contribution in [3.63, 3.8) is 0 Å². The van der Waals surface area contributed by atoms with Crippen molar-refractivity contribution in [2.24, 2.45) is 0 Å². The van der Waals surface area contributed by atoms with E-state index in [9.17, 15) is 0 Å². The van der Waals surface area contributed by atoms with Crippen molar-refractivity contribution >= 4 is 34.8 Å². The van der Waals surface area contributed by atoms with E-state index in [2.05, 4.69) is 20.3 Å². The lowest BCUT2D eigenvalue weighted by Gasteiger charge is -2.09. The predicted molar refractivity (Wildman–Crippen MR) is 75.5 cm³/mol. The fourth-order valence-corrected chi connectivity index (χ4v) is 1.76. The van der Waals surface area contributed by atoms with Gasteiger partial charge in [0.1, 0.15) is 0 Å². The Balaban J connectivity index is 2.29. The Hall–Kier alpha value is -1.59. The number of nitrogens with zero attached hydrogens (tertiary/aromatic N) is 3. The summed E-state index contributed by atoms with van der Waals surface area (Å²) in [6.45, 7) is 4.24. The molecule has 0 fully saturated rings. The van der Waals surface area contributed by atoms with Crippen molar-refractivity contribution in [2.45, 2.75) is 13.8 Å². The second-order valence-electron chi connectivity index (χ2n) is 3.73. The monoisotopic (exact) mass is 298 g/mol. The van der Waals surface area contributed by atoms with Gasteiger partial charge in [-0.15, -0.1) is 0 Å². The molecule has 5 nitrogen and oxygen atoms in total. The molecule has 0 atom stereocenters. The molecule has 2 rings (SSSR count). The highest BCUT2D eigenvalue weighted by molar-refractivity contribution is 6.30. The van der Waals surface area contributed by atoms with Crippen molar-refractivity contribution < 1.29 is 4.74 Å². The lowest BCUT2D eigenvalue weighted by Crippen LogP contribution is -2.04. The van der Waals surface area contributed by atoms with Gasteiger partial charge in [0.05, 0.1) is 6.61 Å². The molecule has 0 amide bonds. The standard InChI is InChI=1S/C12H12Cl2N4O/c1-3-19-12-17-10(14)16-11(18-12)15-9-6-8(13)5-4-7(9)2/h4-6H,3H2,1-2H3,(H,15,16,17,18). The number of aryl methyl sites for hydroxylation is 1. The van der Waals surface area contributed by atoms with E-state index in [0.717, 1.165) is 11.3 Å². The van der Waals surface area contributed by atoms with Crippen LogP contribution in [0.5, 0.6) is 6.01 Å². The zero-order valence-corrected chi connectivity index (χ0v) is 12.0. The third-order valence-electron chi connectivity index (χ3n) is 2.31. The maximum atomic E-state index is 5.95. The largest absolute Gasteiger partial charge is 0.464 e. The second kappa shape index (κ2) is 6.04. The summed E-state index contributed by atoms with van der Waals surface area (Å²) in [7, 11) is 0. The van der Waals surface area contributed by atoms with E-state index >= 15 is 0 Å². The normalized spacial score (nSPS) is 10.3. The fourth-order valence-electron chi connectivity index (χ4n) is 1.43. The average Bonchev–Trinajstić information content (AvgIpc) is 2.33. The highest BCUT2D eigenvalue weighted by atomic mass is 35.5. The molecule has 0 aliphatic rings. The Morgan fingerprint density at radius 1 is 1.21 bits per heavy atom. The van der Waals surface area contributed by atoms with Gasteiger partial charge in [-0.3, -0.25) is 0 Å². The third-order valence-corrected chi connectivity index (χ3v) is 2.71. The number of halogens is 2. The van der Waals surface area contributed by atoms with Crippen LogP contribution in [0.1, 0.15) is 12.5 Å². The minimum absolute atomic E-state index is 0.0700. The summed E-state index contributed by atoms with van der Waals surface area (Å²) in [5, 5.41) is 3.73. The summed E-state index contributed by atoms with van der Waals surface area (Å²) in [4.78, 5) is 12.0. The van der Waals surface area contributed by atoms with E-state index in [1.165, 1.54) is 0 Å². The van der Waals surface area contributed by atoms with Crippen LogP contribution in [0.2, 0.25) is 10.3 Å². The number of benzene rings is 1. The summed E-state index contributed by atoms with van der Waals surface area (Å²) in [5.41, 5.74) is 1.82. The molecule has 0 saturated heterocycles. The van der Waals surface area contributed by atoms with E-state index in [4.69, 9.17) is 27.9 Å². The first-order valence-corrected chi connectivity index (χ1v) is 6.41. The van der Waals surface area contributed by atoms with Gasteiger partial charge in [-0.1, -0.05) is 17.7 Å². The van der Waals surface area contributed by atoms with Gasteiger partial charge in [0.15, 0.2) is 0 Å². The van der Waals surface area contributed by atoms with E-state index in [1.54, 1.807) is 6.07 Å². The SMILES string of the molecule is CCOc1nc(Cl)nc(Nc2cc(Cl)ccc2C)n1. The molecule has 0 bridgehead atoms. The molecule has 1 aromatic carbocycles. The lowest BCUT2D eigenvalue weighted by molar-refractivity contribution is 0.312. The number of hydrogen-bond donors (Lipinski definition) is 1. The Bertz CT molecular complexity index is 592. The van der Waals surface area contributed by atoms with Gasteiger partial charge < -0.3 is 10.1 Å². The first-order chi connectivity index (χ1) is 9.08. The van der Waals surface area contributed by atoms with Crippen LogP contribution >= 0.6 is 23.2 Å². The molecule has 0 aliphatic heterocycles. The molecule has 2 aromatic rings. The molecular formula is C12H12Cl2N4O. The minimum Gasteiger partial charge on any atom is -0.464 e. The van der Waals surface area contributed by atoms with Gasteiger partial charge in [-0.05, 0) is 43.1 Å². The van der Waals surface area contributed by atoms with Gasteiger partial charge in [0.2, 0.25) is 11.2 Å². The summed E-state index contributed by atoms with van der Waals surface area (Å²) < 4.78 is 5.21. The van der Waals surface area contributed by atoms with Gasteiger partial charge in [-0.2, -0.15) is 15.0 Å². The Morgan fingerprint density at radius 3 is 2.74 bits per heavy atom. The van der Waals surface area contributed by atoms with Crippen LogP contribution in [0.3, 0.4) is 0 Å². The Morgan fingerprint density at radius 2 is 2.00 bits per heavy atom. The third kappa shape index (κ3) is 3.68. The van der Waals surface area contributed by atoms with Crippen LogP contribution in [-0.4, -0.2) is 21.6 Å². The highest BCUT2D eigenvalue weighted by Crippen LogP contribution is 2.23. The van der Waals surface area contributed by atoms with Gasteiger partial charge >= 0.3 is 6.01 Å². The molecule has 0 spiro atoms. The van der Waals surface area contributed by atoms with Crippen LogP contribution in [0.4, 0.5) is 11.6 Å². The lowest BCUT2D eigenvalue weighted by atomic mass is 10.2. The van der Waals surface area contributed by atoms with Crippen molar-refractivity contribution in [2.75, 3.05) is 11.9 Å². The molecule has 0 unspecified atom stereocenters. The zero-order valence-electron chi connectivity index (χ0n) is 10.4. The number of anilines is 2. The smallest absolute Gasteiger partial charge is 0.322 e. The minimum atomic E-state index is 0.0700. The van der Waals surface area contributed by atoms with Crippen LogP contribution in [-0.2, 0) is 0 Å². The molecule has 100 valence electrons. The second-order valence-corrected chi connectivity index (χ2v) is 4.50. The summed E-state index contributed by atoms with van der Waals surface area (Å²) in [5.74, 6) is 0.314. The fraction of sp³-hybridized carbons (Fsp3) is 0.250. The first kappa shape index (κ1) is 13.8. The van der Waals surface area contributed by atoms with Crippen LogP contribution < -0.4 is 10.1 Å². The summed E-state index contributed by atoms with van der Waals surface area (Å²) in [6, 6.07) is 5.68. The van der Waals surface area contributed by atoms with Crippen LogP contribution in [0.25, 0.3) is 0 Å². The number of hydrogen-bond acceptors (Lipinski definition) is 5. The summed E-state index contributed by atoms with van der Waals surface area (Å²) >= 11 is 11.8. The maximum Gasteiger partial charge on any atom is 0.322 e. The van der Waals surface area contributed by atoms with E-state index in [1.807, 2.05) is 26.0 Å². The molecule has 1 aromatic heterocycles.